The van der Waals surface area contributed by atoms with Crippen LogP contribution in [-0.2, 0) is 4.74 Å². The number of ether oxygens (including phenoxy) is 2. The van der Waals surface area contributed by atoms with E-state index >= 15 is 0 Å². The van der Waals surface area contributed by atoms with Crippen LogP contribution in [0.25, 0.3) is 0 Å². The van der Waals surface area contributed by atoms with Gasteiger partial charge in [-0.3, -0.25) is 0 Å². The van der Waals surface area contributed by atoms with Crippen molar-refractivity contribution in [1.82, 2.24) is 0 Å². The third kappa shape index (κ3) is 4.24. The first kappa shape index (κ1) is 14.9. The molecule has 0 saturated heterocycles. The largest absolute Gasteiger partial charge is 0.492 e. The predicted molar refractivity (Wildman–Crippen MR) is 82.9 cm³/mol. The second kappa shape index (κ2) is 7.33. The Morgan fingerprint density at radius 3 is 2.62 bits per heavy atom. The van der Waals surface area contributed by atoms with E-state index in [9.17, 15) is 4.79 Å². The lowest BCUT2D eigenvalue weighted by Gasteiger charge is -2.12. The van der Waals surface area contributed by atoms with Gasteiger partial charge in [-0.1, -0.05) is 29.8 Å². The van der Waals surface area contributed by atoms with Crippen LogP contribution in [0.4, 0.5) is 5.69 Å². The number of carbonyl (C=O) groups excluding carboxylic acids is 1. The zero-order valence-electron chi connectivity index (χ0n) is 12.3. The van der Waals surface area contributed by atoms with Crippen LogP contribution >= 0.6 is 0 Å². The zero-order valence-corrected chi connectivity index (χ0v) is 12.3. The molecule has 0 aromatic heterocycles. The van der Waals surface area contributed by atoms with Gasteiger partial charge in [0.25, 0.3) is 0 Å². The first-order chi connectivity index (χ1) is 10.2. The molecule has 4 nitrogen and oxygen atoms in total. The van der Waals surface area contributed by atoms with Gasteiger partial charge in [0.05, 0.1) is 12.7 Å². The summed E-state index contributed by atoms with van der Waals surface area (Å²) >= 11 is 0. The molecular weight excluding hydrogens is 266 g/mol. The average Bonchev–Trinajstić information content (AvgIpc) is 2.53. The lowest BCUT2D eigenvalue weighted by Crippen LogP contribution is -2.14. The highest BCUT2D eigenvalue weighted by molar-refractivity contribution is 5.95. The van der Waals surface area contributed by atoms with Crippen LogP contribution < -0.4 is 10.1 Å². The maximum atomic E-state index is 11.7. The molecule has 0 atom stereocenters. The highest BCUT2D eigenvalue weighted by atomic mass is 16.5. The van der Waals surface area contributed by atoms with Crippen LogP contribution in [0.2, 0.25) is 0 Å². The second-order valence-corrected chi connectivity index (χ2v) is 4.63. The van der Waals surface area contributed by atoms with Crippen molar-refractivity contribution in [2.24, 2.45) is 0 Å². The number of rotatable bonds is 6. The molecule has 0 aliphatic carbocycles. The normalized spacial score (nSPS) is 10.0. The van der Waals surface area contributed by atoms with Gasteiger partial charge in [0, 0.05) is 12.2 Å². The van der Waals surface area contributed by atoms with Gasteiger partial charge in [-0.25, -0.2) is 4.79 Å². The SMILES string of the molecule is COC(=O)c1cc(C)ccc1NCCOc1ccccc1. The molecule has 0 bridgehead atoms. The molecule has 1 N–H and O–H groups in total. The molecule has 0 aliphatic rings. The van der Waals surface area contributed by atoms with Gasteiger partial charge in [-0.05, 0) is 31.2 Å². The summed E-state index contributed by atoms with van der Waals surface area (Å²) in [5.41, 5.74) is 2.31. The lowest BCUT2D eigenvalue weighted by atomic mass is 10.1. The summed E-state index contributed by atoms with van der Waals surface area (Å²) in [6, 6.07) is 15.3. The Kier molecular flexibility index (Phi) is 5.21. The molecule has 0 aliphatic heterocycles. The first-order valence-electron chi connectivity index (χ1n) is 6.81. The molecule has 0 saturated carbocycles. The summed E-state index contributed by atoms with van der Waals surface area (Å²) in [4.78, 5) is 11.7. The Labute approximate surface area is 124 Å². The number of hydrogen-bond donors (Lipinski definition) is 1. The highest BCUT2D eigenvalue weighted by Gasteiger charge is 2.11. The van der Waals surface area contributed by atoms with E-state index in [2.05, 4.69) is 5.32 Å². The van der Waals surface area contributed by atoms with Gasteiger partial charge in [0.2, 0.25) is 0 Å². The van der Waals surface area contributed by atoms with Crippen molar-refractivity contribution in [2.75, 3.05) is 25.6 Å². The van der Waals surface area contributed by atoms with Gasteiger partial charge in [-0.15, -0.1) is 0 Å². The Hall–Kier alpha value is -2.49. The standard InChI is InChI=1S/C17H19NO3/c1-13-8-9-16(15(12-13)17(19)20-2)18-10-11-21-14-6-4-3-5-7-14/h3-9,12,18H,10-11H2,1-2H3. The Bertz CT molecular complexity index is 596. The van der Waals surface area contributed by atoms with E-state index in [1.54, 1.807) is 0 Å². The topological polar surface area (TPSA) is 47.6 Å². The molecular formula is C17H19NO3. The number of methoxy groups -OCH3 is 1. The minimum Gasteiger partial charge on any atom is -0.492 e. The number of anilines is 1. The summed E-state index contributed by atoms with van der Waals surface area (Å²) < 4.78 is 10.4. The molecule has 0 radical (unpaired) electrons. The van der Waals surface area contributed by atoms with Crippen molar-refractivity contribution in [1.29, 1.82) is 0 Å². The van der Waals surface area contributed by atoms with E-state index in [-0.39, 0.29) is 5.97 Å². The average molecular weight is 285 g/mol. The van der Waals surface area contributed by atoms with Crippen LogP contribution in [-0.4, -0.2) is 26.2 Å². The maximum Gasteiger partial charge on any atom is 0.339 e. The van der Waals surface area contributed by atoms with Gasteiger partial charge >= 0.3 is 5.97 Å². The van der Waals surface area contributed by atoms with Gasteiger partial charge in [0.1, 0.15) is 12.4 Å². The predicted octanol–water partition coefficient (Wildman–Crippen LogP) is 3.27. The van der Waals surface area contributed by atoms with E-state index in [1.165, 1.54) is 7.11 Å². The molecule has 2 aromatic rings. The number of nitrogens with one attached hydrogen (secondary N) is 1. The molecule has 0 amide bonds. The van der Waals surface area contributed by atoms with Crippen LogP contribution in [0.15, 0.2) is 48.5 Å². The van der Waals surface area contributed by atoms with E-state index < -0.39 is 0 Å². The molecule has 21 heavy (non-hydrogen) atoms. The summed E-state index contributed by atoms with van der Waals surface area (Å²) in [7, 11) is 1.38. The van der Waals surface area contributed by atoms with E-state index in [1.807, 2.05) is 55.5 Å². The number of esters is 1. The molecule has 0 spiro atoms. The molecule has 4 heteroatoms. The third-order valence-corrected chi connectivity index (χ3v) is 3.01. The summed E-state index contributed by atoms with van der Waals surface area (Å²) in [5, 5.41) is 3.20. The number of carbonyl (C=O) groups is 1. The van der Waals surface area contributed by atoms with Crippen molar-refractivity contribution >= 4 is 11.7 Å². The molecule has 0 heterocycles. The smallest absolute Gasteiger partial charge is 0.339 e. The fourth-order valence-electron chi connectivity index (χ4n) is 1.96. The van der Waals surface area contributed by atoms with Crippen LogP contribution in [0.1, 0.15) is 15.9 Å². The van der Waals surface area contributed by atoms with E-state index in [4.69, 9.17) is 9.47 Å². The highest BCUT2D eigenvalue weighted by Crippen LogP contribution is 2.18. The summed E-state index contributed by atoms with van der Waals surface area (Å²) in [6.45, 7) is 3.05. The third-order valence-electron chi connectivity index (χ3n) is 3.01. The molecule has 110 valence electrons. The lowest BCUT2D eigenvalue weighted by molar-refractivity contribution is 0.0601. The number of hydrogen-bond acceptors (Lipinski definition) is 4. The van der Waals surface area contributed by atoms with Crippen molar-refractivity contribution in [3.8, 4) is 5.75 Å². The quantitative estimate of drug-likeness (QED) is 0.653. The Morgan fingerprint density at radius 1 is 1.14 bits per heavy atom. The van der Waals surface area contributed by atoms with Crippen molar-refractivity contribution < 1.29 is 14.3 Å². The minimum absolute atomic E-state index is 0.342. The zero-order chi connectivity index (χ0) is 15.1. The van der Waals surface area contributed by atoms with Gasteiger partial charge in [-0.2, -0.15) is 0 Å². The van der Waals surface area contributed by atoms with Crippen LogP contribution in [0.3, 0.4) is 0 Å². The van der Waals surface area contributed by atoms with Crippen LogP contribution in [0, 0.1) is 6.92 Å². The number of aryl methyl sites for hydroxylation is 1. The van der Waals surface area contributed by atoms with E-state index in [0.717, 1.165) is 17.0 Å². The van der Waals surface area contributed by atoms with Gasteiger partial charge in [0.15, 0.2) is 0 Å². The second-order valence-electron chi connectivity index (χ2n) is 4.63. The first-order valence-corrected chi connectivity index (χ1v) is 6.81. The fraction of sp³-hybridized carbons (Fsp3) is 0.235. The van der Waals surface area contributed by atoms with Crippen molar-refractivity contribution in [2.45, 2.75) is 6.92 Å². The monoisotopic (exact) mass is 285 g/mol. The molecule has 2 rings (SSSR count). The molecule has 0 unspecified atom stereocenters. The summed E-state index contributed by atoms with van der Waals surface area (Å²) in [5.74, 6) is 0.488. The van der Waals surface area contributed by atoms with Crippen LogP contribution in [0.5, 0.6) is 5.75 Å². The Balaban J connectivity index is 1.92. The summed E-state index contributed by atoms with van der Waals surface area (Å²) in [6.07, 6.45) is 0. The fourth-order valence-corrected chi connectivity index (χ4v) is 1.96. The molecule has 2 aromatic carbocycles. The minimum atomic E-state index is -0.342. The number of benzene rings is 2. The van der Waals surface area contributed by atoms with Crippen molar-refractivity contribution in [3.63, 3.8) is 0 Å². The van der Waals surface area contributed by atoms with E-state index in [0.29, 0.717) is 18.7 Å². The van der Waals surface area contributed by atoms with Crippen molar-refractivity contribution in [3.05, 3.63) is 59.7 Å². The maximum absolute atomic E-state index is 11.7. The molecule has 0 fully saturated rings. The van der Waals surface area contributed by atoms with Gasteiger partial charge < -0.3 is 14.8 Å². The Morgan fingerprint density at radius 2 is 1.90 bits per heavy atom. The number of para-hydroxylation sites is 1.